The third kappa shape index (κ3) is 4.78. The van der Waals surface area contributed by atoms with E-state index in [1.807, 2.05) is 11.4 Å². The lowest BCUT2D eigenvalue weighted by Gasteiger charge is -2.30. The van der Waals surface area contributed by atoms with E-state index in [4.69, 9.17) is 26.5 Å². The van der Waals surface area contributed by atoms with Crippen molar-refractivity contribution in [2.45, 2.75) is 23.8 Å². The van der Waals surface area contributed by atoms with Crippen LogP contribution in [0.5, 0.6) is 5.75 Å². The molecular formula is C20H19ClFN3O2S2. The monoisotopic (exact) mass is 451 g/mol. The number of allylic oxidation sites excluding steroid dienone is 1. The molecule has 0 radical (unpaired) electrons. The Hall–Kier alpha value is -2.00. The van der Waals surface area contributed by atoms with Crippen molar-refractivity contribution in [3.05, 3.63) is 64.1 Å². The van der Waals surface area contributed by atoms with Crippen molar-refractivity contribution < 1.29 is 13.5 Å². The molecule has 0 spiro atoms. The first kappa shape index (κ1) is 20.3. The maximum Gasteiger partial charge on any atom is 0.147 e. The molecule has 2 aromatic heterocycles. The van der Waals surface area contributed by atoms with Crippen molar-refractivity contribution in [1.29, 1.82) is 0 Å². The molecule has 0 saturated carbocycles. The summed E-state index contributed by atoms with van der Waals surface area (Å²) in [6.07, 6.45) is 7.27. The van der Waals surface area contributed by atoms with E-state index in [1.54, 1.807) is 24.1 Å². The van der Waals surface area contributed by atoms with Crippen LogP contribution in [0.1, 0.15) is 18.4 Å². The van der Waals surface area contributed by atoms with E-state index in [0.717, 1.165) is 35.9 Å². The molecular weight excluding hydrogens is 433 g/mol. The highest BCUT2D eigenvalue weighted by Gasteiger charge is 2.28. The lowest BCUT2D eigenvalue weighted by atomic mass is 9.81. The molecule has 5 nitrogen and oxygen atoms in total. The second-order valence-corrected chi connectivity index (χ2v) is 8.60. The van der Waals surface area contributed by atoms with Gasteiger partial charge >= 0.3 is 0 Å². The number of nitrogens with zero attached hydrogens (tertiary/aromatic N) is 1. The van der Waals surface area contributed by atoms with Gasteiger partial charge in [-0.05, 0) is 42.5 Å². The van der Waals surface area contributed by atoms with Crippen LogP contribution < -0.4 is 15.2 Å². The zero-order valence-corrected chi connectivity index (χ0v) is 17.7. The van der Waals surface area contributed by atoms with Crippen LogP contribution in [-0.2, 0) is 0 Å². The quantitative estimate of drug-likeness (QED) is 0.439. The number of rotatable bonds is 7. The van der Waals surface area contributed by atoms with Gasteiger partial charge in [-0.15, -0.1) is 11.3 Å². The molecule has 1 aromatic carbocycles. The Morgan fingerprint density at radius 2 is 2.34 bits per heavy atom. The zero-order chi connectivity index (χ0) is 20.2. The summed E-state index contributed by atoms with van der Waals surface area (Å²) in [5.41, 5.74) is 10.1. The highest BCUT2D eigenvalue weighted by atomic mass is 35.5. The Labute approximate surface area is 181 Å². The minimum absolute atomic E-state index is 0.0270. The maximum absolute atomic E-state index is 14.5. The molecule has 9 heteroatoms. The topological polar surface area (TPSA) is 73.3 Å². The van der Waals surface area contributed by atoms with E-state index in [2.05, 4.69) is 15.8 Å². The molecule has 4 rings (SSSR count). The molecule has 29 heavy (non-hydrogen) atoms. The van der Waals surface area contributed by atoms with Crippen molar-refractivity contribution in [1.82, 2.24) is 4.98 Å². The van der Waals surface area contributed by atoms with Gasteiger partial charge in [0.05, 0.1) is 34.6 Å². The first-order valence-electron chi connectivity index (χ1n) is 9.03. The molecule has 0 saturated heterocycles. The van der Waals surface area contributed by atoms with Crippen LogP contribution in [0, 0.1) is 11.7 Å². The van der Waals surface area contributed by atoms with Crippen LogP contribution in [0.15, 0.2) is 57.0 Å². The van der Waals surface area contributed by atoms with E-state index in [9.17, 15) is 4.39 Å². The first-order chi connectivity index (χ1) is 14.1. The predicted octanol–water partition coefficient (Wildman–Crippen LogP) is 5.85. The summed E-state index contributed by atoms with van der Waals surface area (Å²) in [4.78, 5) is 4.46. The summed E-state index contributed by atoms with van der Waals surface area (Å²) in [6, 6.07) is 4.71. The Morgan fingerprint density at radius 3 is 3.10 bits per heavy atom. The molecule has 1 aliphatic rings. The van der Waals surface area contributed by atoms with Crippen LogP contribution in [0.3, 0.4) is 0 Å². The lowest BCUT2D eigenvalue weighted by Crippen LogP contribution is -2.36. The molecule has 0 amide bonds. The Bertz CT molecular complexity index is 980. The number of hydrogen-bond acceptors (Lipinski definition) is 7. The van der Waals surface area contributed by atoms with E-state index in [1.165, 1.54) is 17.4 Å². The number of thiazole rings is 1. The summed E-state index contributed by atoms with van der Waals surface area (Å²) in [5, 5.41) is 2.18. The number of ether oxygens (including phenoxy) is 1. The SMILES string of the molecule is NC1CCC=C(c2ccoc2)C1COc1cc(F)c(SNc2cscn2)cc1Cl. The summed E-state index contributed by atoms with van der Waals surface area (Å²) >= 11 is 8.91. The van der Waals surface area contributed by atoms with E-state index in [0.29, 0.717) is 28.1 Å². The number of halogens is 2. The number of furan rings is 1. The molecule has 3 aromatic rings. The van der Waals surface area contributed by atoms with E-state index >= 15 is 0 Å². The smallest absolute Gasteiger partial charge is 0.147 e. The standard InChI is InChI=1S/C20H19ClFN3O2S2/c21-15-6-19(29-25-20-10-28-11-24-20)16(22)7-18(15)27-9-14-13(2-1-3-17(14)23)12-4-5-26-8-12/h2,4-8,10-11,14,17,25H,1,3,9,23H2. The Balaban J connectivity index is 1.45. The average molecular weight is 452 g/mol. The van der Waals surface area contributed by atoms with Gasteiger partial charge in [-0.3, -0.25) is 0 Å². The summed E-state index contributed by atoms with van der Waals surface area (Å²) in [6.45, 7) is 0.306. The normalized spacial score (nSPS) is 19.1. The molecule has 2 atom stereocenters. The fraction of sp³-hybridized carbons (Fsp3) is 0.250. The number of aromatic nitrogens is 1. The highest BCUT2D eigenvalue weighted by molar-refractivity contribution is 8.00. The number of nitrogens with two attached hydrogens (primary N) is 1. The molecule has 0 aliphatic heterocycles. The first-order valence-corrected chi connectivity index (χ1v) is 11.2. The van der Waals surface area contributed by atoms with Gasteiger partial charge in [0, 0.05) is 29.0 Å². The van der Waals surface area contributed by atoms with Crippen molar-refractivity contribution in [2.75, 3.05) is 11.3 Å². The molecule has 3 N–H and O–H groups in total. The summed E-state index contributed by atoms with van der Waals surface area (Å²) in [7, 11) is 0. The third-order valence-electron chi connectivity index (χ3n) is 4.74. The van der Waals surface area contributed by atoms with Gasteiger partial charge in [-0.2, -0.15) is 0 Å². The molecule has 0 bridgehead atoms. The van der Waals surface area contributed by atoms with Gasteiger partial charge in [0.25, 0.3) is 0 Å². The van der Waals surface area contributed by atoms with Crippen molar-refractivity contribution >= 4 is 46.3 Å². The minimum atomic E-state index is -0.421. The van der Waals surface area contributed by atoms with Gasteiger partial charge in [-0.25, -0.2) is 9.37 Å². The minimum Gasteiger partial charge on any atom is -0.491 e. The van der Waals surface area contributed by atoms with Crippen LogP contribution >= 0.6 is 34.9 Å². The van der Waals surface area contributed by atoms with Crippen LogP contribution in [0.25, 0.3) is 5.57 Å². The molecule has 0 fully saturated rings. The largest absolute Gasteiger partial charge is 0.491 e. The molecule has 2 heterocycles. The van der Waals surface area contributed by atoms with E-state index < -0.39 is 5.82 Å². The lowest BCUT2D eigenvalue weighted by molar-refractivity contribution is 0.252. The van der Waals surface area contributed by atoms with E-state index in [-0.39, 0.29) is 12.0 Å². The second kappa shape index (κ2) is 9.21. The van der Waals surface area contributed by atoms with Gasteiger partial charge < -0.3 is 19.6 Å². The Kier molecular flexibility index (Phi) is 6.44. The molecule has 152 valence electrons. The van der Waals surface area contributed by atoms with Crippen molar-refractivity contribution in [3.8, 4) is 5.75 Å². The van der Waals surface area contributed by atoms with Gasteiger partial charge in [0.2, 0.25) is 0 Å². The fourth-order valence-corrected chi connectivity index (χ4v) is 4.74. The van der Waals surface area contributed by atoms with Gasteiger partial charge in [0.15, 0.2) is 0 Å². The van der Waals surface area contributed by atoms with Crippen molar-refractivity contribution in [2.24, 2.45) is 11.7 Å². The van der Waals surface area contributed by atoms with Gasteiger partial charge in [0.1, 0.15) is 17.4 Å². The summed E-state index contributed by atoms with van der Waals surface area (Å²) < 4.78 is 28.6. The average Bonchev–Trinajstić information content (AvgIpc) is 3.42. The number of anilines is 1. The fourth-order valence-electron chi connectivity index (χ4n) is 3.24. The predicted molar refractivity (Wildman–Crippen MR) is 116 cm³/mol. The zero-order valence-electron chi connectivity index (χ0n) is 15.3. The number of hydrogen-bond donors (Lipinski definition) is 2. The van der Waals surface area contributed by atoms with Gasteiger partial charge in [-0.1, -0.05) is 17.7 Å². The van der Waals surface area contributed by atoms with Crippen LogP contribution in [-0.4, -0.2) is 17.6 Å². The number of benzene rings is 1. The van der Waals surface area contributed by atoms with Crippen molar-refractivity contribution in [3.63, 3.8) is 0 Å². The highest BCUT2D eigenvalue weighted by Crippen LogP contribution is 2.36. The maximum atomic E-state index is 14.5. The third-order valence-corrected chi connectivity index (χ3v) is 6.46. The molecule has 1 aliphatic carbocycles. The van der Waals surface area contributed by atoms with Crippen LogP contribution in [0.2, 0.25) is 5.02 Å². The van der Waals surface area contributed by atoms with Crippen LogP contribution in [0.4, 0.5) is 10.2 Å². The molecule has 2 unspecified atom stereocenters. The summed E-state index contributed by atoms with van der Waals surface area (Å²) in [5.74, 6) is 0.517. The Morgan fingerprint density at radius 1 is 1.45 bits per heavy atom. The second-order valence-electron chi connectivity index (χ2n) is 6.62. The number of nitrogens with one attached hydrogen (secondary N) is 1.